The van der Waals surface area contributed by atoms with Crippen molar-refractivity contribution < 1.29 is 0 Å². The van der Waals surface area contributed by atoms with E-state index in [2.05, 4.69) is 93.2 Å². The monoisotopic (exact) mass is 381 g/mol. The summed E-state index contributed by atoms with van der Waals surface area (Å²) in [6.45, 7) is 3.08. The van der Waals surface area contributed by atoms with Gasteiger partial charge in [-0.15, -0.1) is 0 Å². The van der Waals surface area contributed by atoms with Gasteiger partial charge in [0.2, 0.25) is 0 Å². The molecule has 19 heavy (non-hydrogen) atoms. The molecule has 3 heteroatoms. The Kier molecular flexibility index (Phi) is 5.06. The van der Waals surface area contributed by atoms with Crippen LogP contribution in [-0.2, 0) is 11.9 Å². The number of aryl methyl sites for hydroxylation is 1. The summed E-state index contributed by atoms with van der Waals surface area (Å²) in [7, 11) is 2.14. The number of halogens is 2. The summed E-state index contributed by atoms with van der Waals surface area (Å²) in [5, 5.41) is 0.869. The molecule has 2 rings (SSSR count). The van der Waals surface area contributed by atoms with E-state index >= 15 is 0 Å². The minimum absolute atomic E-state index is 0.869. The molecule has 100 valence electrons. The summed E-state index contributed by atoms with van der Waals surface area (Å²) in [6.07, 6.45) is 0. The van der Waals surface area contributed by atoms with E-state index in [-0.39, 0.29) is 0 Å². The maximum absolute atomic E-state index is 3.56. The average Bonchev–Trinajstić information content (AvgIpc) is 2.41. The normalized spacial score (nSPS) is 10.5. The van der Waals surface area contributed by atoms with Crippen molar-refractivity contribution in [2.45, 2.75) is 18.8 Å². The third-order valence-electron chi connectivity index (χ3n) is 3.27. The van der Waals surface area contributed by atoms with Crippen molar-refractivity contribution in [1.29, 1.82) is 0 Å². The van der Waals surface area contributed by atoms with Crippen LogP contribution in [-0.4, -0.2) is 7.05 Å². The molecular weight excluding hydrogens is 366 g/mol. The first kappa shape index (κ1) is 14.6. The van der Waals surface area contributed by atoms with E-state index in [0.29, 0.717) is 0 Å². The molecule has 0 aliphatic heterocycles. The van der Waals surface area contributed by atoms with Gasteiger partial charge in [-0.3, -0.25) is 0 Å². The number of hydrogen-bond donors (Lipinski definition) is 0. The summed E-state index contributed by atoms with van der Waals surface area (Å²) >= 11 is 7.11. The van der Waals surface area contributed by atoms with E-state index in [9.17, 15) is 0 Å². The molecule has 0 aliphatic carbocycles. The smallest absolute Gasteiger partial charge is 0.0428 e. The van der Waals surface area contributed by atoms with Crippen LogP contribution in [0.3, 0.4) is 0 Å². The molecule has 0 N–H and O–H groups in total. The topological polar surface area (TPSA) is 3.24 Å². The summed E-state index contributed by atoms with van der Waals surface area (Å²) < 4.78 is 1.11. The van der Waals surface area contributed by atoms with E-state index in [0.717, 1.165) is 16.3 Å². The lowest BCUT2D eigenvalue weighted by Gasteiger charge is -2.23. The van der Waals surface area contributed by atoms with Crippen molar-refractivity contribution in [1.82, 2.24) is 0 Å². The molecule has 0 amide bonds. The minimum atomic E-state index is 0.869. The van der Waals surface area contributed by atoms with Gasteiger partial charge >= 0.3 is 0 Å². The molecule has 2 aromatic carbocycles. The lowest BCUT2D eigenvalue weighted by molar-refractivity contribution is 0.908. The highest BCUT2D eigenvalue weighted by molar-refractivity contribution is 9.10. The van der Waals surface area contributed by atoms with Gasteiger partial charge in [-0.2, -0.15) is 0 Å². The van der Waals surface area contributed by atoms with E-state index in [4.69, 9.17) is 0 Å². The van der Waals surface area contributed by atoms with Gasteiger partial charge in [0, 0.05) is 29.1 Å². The Morgan fingerprint density at radius 2 is 1.79 bits per heavy atom. The van der Waals surface area contributed by atoms with Crippen molar-refractivity contribution in [3.63, 3.8) is 0 Å². The molecule has 0 saturated carbocycles. The van der Waals surface area contributed by atoms with Gasteiger partial charge < -0.3 is 4.90 Å². The number of nitrogens with zero attached hydrogens (tertiary/aromatic N) is 1. The Morgan fingerprint density at radius 1 is 1.05 bits per heavy atom. The van der Waals surface area contributed by atoms with Crippen LogP contribution in [0.4, 0.5) is 5.69 Å². The first-order valence-corrected chi connectivity index (χ1v) is 8.13. The number of benzene rings is 2. The zero-order chi connectivity index (χ0) is 13.8. The molecule has 0 heterocycles. The molecule has 0 aromatic heterocycles. The molecule has 0 fully saturated rings. The Hall–Kier alpha value is -0.800. The van der Waals surface area contributed by atoms with Gasteiger partial charge in [0.05, 0.1) is 0 Å². The zero-order valence-electron chi connectivity index (χ0n) is 11.2. The molecule has 2 aromatic rings. The molecule has 0 unspecified atom stereocenters. The highest BCUT2D eigenvalue weighted by Gasteiger charge is 2.09. The minimum Gasteiger partial charge on any atom is -0.370 e. The second kappa shape index (κ2) is 6.58. The van der Waals surface area contributed by atoms with Crippen molar-refractivity contribution >= 4 is 37.5 Å². The SMILES string of the molecule is Cc1ccccc1CN(C)c1cc(Br)ccc1CBr. The van der Waals surface area contributed by atoms with Gasteiger partial charge in [0.25, 0.3) is 0 Å². The van der Waals surface area contributed by atoms with Crippen LogP contribution < -0.4 is 4.90 Å². The van der Waals surface area contributed by atoms with E-state index < -0.39 is 0 Å². The largest absolute Gasteiger partial charge is 0.370 e. The first-order valence-electron chi connectivity index (χ1n) is 6.22. The number of alkyl halides is 1. The maximum atomic E-state index is 3.56. The standard InChI is InChI=1S/C16H17Br2N/c1-12-5-3-4-6-14(12)11-19(2)16-9-15(18)8-7-13(16)10-17/h3-9H,10-11H2,1-2H3. The lowest BCUT2D eigenvalue weighted by Crippen LogP contribution is -2.18. The van der Waals surface area contributed by atoms with Crippen LogP contribution >= 0.6 is 31.9 Å². The zero-order valence-corrected chi connectivity index (χ0v) is 14.3. The molecule has 0 aliphatic rings. The molecule has 0 spiro atoms. The fraction of sp³-hybridized carbons (Fsp3) is 0.250. The van der Waals surface area contributed by atoms with Crippen LogP contribution in [0.5, 0.6) is 0 Å². The van der Waals surface area contributed by atoms with Crippen molar-refractivity contribution in [3.05, 3.63) is 63.6 Å². The highest BCUT2D eigenvalue weighted by Crippen LogP contribution is 2.27. The second-order valence-electron chi connectivity index (χ2n) is 4.69. The van der Waals surface area contributed by atoms with E-state index in [1.165, 1.54) is 22.4 Å². The third-order valence-corrected chi connectivity index (χ3v) is 4.37. The highest BCUT2D eigenvalue weighted by atomic mass is 79.9. The Morgan fingerprint density at radius 3 is 2.47 bits per heavy atom. The predicted octanol–water partition coefficient (Wildman–Crippen LogP) is 5.29. The van der Waals surface area contributed by atoms with Crippen molar-refractivity contribution in [2.75, 3.05) is 11.9 Å². The van der Waals surface area contributed by atoms with E-state index in [1.54, 1.807) is 0 Å². The molecular formula is C16H17Br2N. The Bertz CT molecular complexity index is 566. The third kappa shape index (κ3) is 3.61. The lowest BCUT2D eigenvalue weighted by atomic mass is 10.1. The van der Waals surface area contributed by atoms with Gasteiger partial charge in [-0.25, -0.2) is 0 Å². The summed E-state index contributed by atoms with van der Waals surface area (Å²) in [5.74, 6) is 0. The van der Waals surface area contributed by atoms with Crippen LogP contribution in [0, 0.1) is 6.92 Å². The fourth-order valence-corrected chi connectivity index (χ4v) is 2.96. The first-order chi connectivity index (χ1) is 9.11. The average molecular weight is 383 g/mol. The van der Waals surface area contributed by atoms with Crippen LogP contribution in [0.15, 0.2) is 46.9 Å². The van der Waals surface area contributed by atoms with Crippen molar-refractivity contribution in [3.8, 4) is 0 Å². The predicted molar refractivity (Wildman–Crippen MR) is 90.1 cm³/mol. The molecule has 0 radical (unpaired) electrons. The van der Waals surface area contributed by atoms with Gasteiger partial charge in [-0.05, 0) is 35.7 Å². The number of hydrogen-bond acceptors (Lipinski definition) is 1. The van der Waals surface area contributed by atoms with Gasteiger partial charge in [-0.1, -0.05) is 62.2 Å². The summed E-state index contributed by atoms with van der Waals surface area (Å²) in [4.78, 5) is 2.30. The maximum Gasteiger partial charge on any atom is 0.0428 e. The molecule has 0 saturated heterocycles. The molecule has 0 atom stereocenters. The van der Waals surface area contributed by atoms with Crippen molar-refractivity contribution in [2.24, 2.45) is 0 Å². The summed E-state index contributed by atoms with van der Waals surface area (Å²) in [5.41, 5.74) is 5.27. The van der Waals surface area contributed by atoms with Crippen LogP contribution in [0.25, 0.3) is 0 Å². The quantitative estimate of drug-likeness (QED) is 0.649. The molecule has 1 nitrogen and oxygen atoms in total. The van der Waals surface area contributed by atoms with Crippen LogP contribution in [0.2, 0.25) is 0 Å². The second-order valence-corrected chi connectivity index (χ2v) is 6.17. The summed E-state index contributed by atoms with van der Waals surface area (Å²) in [6, 6.07) is 15.0. The van der Waals surface area contributed by atoms with Gasteiger partial charge in [0.1, 0.15) is 0 Å². The Labute approximate surface area is 131 Å². The number of anilines is 1. The van der Waals surface area contributed by atoms with Crippen LogP contribution in [0.1, 0.15) is 16.7 Å². The van der Waals surface area contributed by atoms with Gasteiger partial charge in [0.15, 0.2) is 0 Å². The van der Waals surface area contributed by atoms with E-state index in [1.807, 2.05) is 0 Å². The Balaban J connectivity index is 2.27. The fourth-order valence-electron chi connectivity index (χ4n) is 2.13. The number of rotatable bonds is 4. The molecule has 0 bridgehead atoms.